The lowest BCUT2D eigenvalue weighted by Crippen LogP contribution is -2.28. The number of aliphatic hydroxyl groups excluding tert-OH is 2. The van der Waals surface area contributed by atoms with Gasteiger partial charge in [-0.05, 0) is 28.1 Å². The molecule has 2 aromatic rings. The van der Waals surface area contributed by atoms with Gasteiger partial charge in [0, 0.05) is 10.7 Å². The monoisotopic (exact) mass is 286 g/mol. The van der Waals surface area contributed by atoms with Crippen LogP contribution in [0.5, 0.6) is 0 Å². The van der Waals surface area contributed by atoms with E-state index in [4.69, 9.17) is 10.2 Å². The molecule has 7 heteroatoms. The summed E-state index contributed by atoms with van der Waals surface area (Å²) in [7, 11) is 0. The Bertz CT molecular complexity index is 483. The van der Waals surface area contributed by atoms with Crippen molar-refractivity contribution in [3.05, 3.63) is 22.8 Å². The van der Waals surface area contributed by atoms with Gasteiger partial charge in [0.25, 0.3) is 0 Å². The lowest BCUT2D eigenvalue weighted by molar-refractivity contribution is 0.203. The summed E-state index contributed by atoms with van der Waals surface area (Å²) in [6.07, 6.45) is 1.78. The first-order valence-corrected chi connectivity index (χ1v) is 5.52. The van der Waals surface area contributed by atoms with Crippen molar-refractivity contribution < 1.29 is 10.2 Å². The van der Waals surface area contributed by atoms with Gasteiger partial charge in [-0.25, -0.2) is 4.52 Å². The molecule has 0 aliphatic rings. The summed E-state index contributed by atoms with van der Waals surface area (Å²) in [6, 6.07) is 3.24. The second-order valence-corrected chi connectivity index (χ2v) is 4.21. The summed E-state index contributed by atoms with van der Waals surface area (Å²) in [5.41, 5.74) is 0.695. The molecule has 0 saturated carbocycles. The molecule has 0 radical (unpaired) electrons. The van der Waals surface area contributed by atoms with Crippen molar-refractivity contribution in [1.29, 1.82) is 0 Å². The largest absolute Gasteiger partial charge is 0.394 e. The lowest BCUT2D eigenvalue weighted by atomic mass is 10.3. The van der Waals surface area contributed by atoms with E-state index >= 15 is 0 Å². The van der Waals surface area contributed by atoms with E-state index in [-0.39, 0.29) is 13.2 Å². The zero-order chi connectivity index (χ0) is 11.5. The summed E-state index contributed by atoms with van der Waals surface area (Å²) >= 11 is 3.33. The second kappa shape index (κ2) is 4.77. The number of anilines is 1. The van der Waals surface area contributed by atoms with Gasteiger partial charge in [-0.1, -0.05) is 0 Å². The number of hydrogen-bond acceptors (Lipinski definition) is 5. The number of hydrogen-bond donors (Lipinski definition) is 3. The Hall–Kier alpha value is -1.18. The van der Waals surface area contributed by atoms with E-state index in [9.17, 15) is 0 Å². The summed E-state index contributed by atoms with van der Waals surface area (Å²) in [5.74, 6) is 0.381. The summed E-state index contributed by atoms with van der Waals surface area (Å²) in [5, 5.41) is 24.8. The van der Waals surface area contributed by atoms with Crippen LogP contribution < -0.4 is 5.32 Å². The molecule has 6 nitrogen and oxygen atoms in total. The molecule has 0 atom stereocenters. The highest BCUT2D eigenvalue weighted by Crippen LogP contribution is 2.12. The van der Waals surface area contributed by atoms with E-state index in [2.05, 4.69) is 31.3 Å². The third-order valence-electron chi connectivity index (χ3n) is 2.07. The standard InChI is InChI=1S/C9H11BrN4O2/c10-6-1-2-8-12-9(13-14(8)3-6)11-7(4-15)5-16/h1-3,7,15-16H,4-5H2,(H,11,13). The number of rotatable bonds is 4. The van der Waals surface area contributed by atoms with Crippen molar-refractivity contribution in [3.8, 4) is 0 Å². The average Bonchev–Trinajstić information content (AvgIpc) is 2.67. The Morgan fingerprint density at radius 3 is 2.81 bits per heavy atom. The number of nitrogens with zero attached hydrogens (tertiary/aromatic N) is 3. The van der Waals surface area contributed by atoms with Crippen molar-refractivity contribution in [2.24, 2.45) is 0 Å². The maximum Gasteiger partial charge on any atom is 0.243 e. The number of aliphatic hydroxyl groups is 2. The first kappa shape index (κ1) is 11.3. The number of halogens is 1. The molecular weight excluding hydrogens is 276 g/mol. The maximum atomic E-state index is 8.91. The Morgan fingerprint density at radius 2 is 2.12 bits per heavy atom. The Morgan fingerprint density at radius 1 is 1.38 bits per heavy atom. The van der Waals surface area contributed by atoms with Crippen molar-refractivity contribution >= 4 is 27.5 Å². The van der Waals surface area contributed by atoms with Gasteiger partial charge in [0.1, 0.15) is 0 Å². The predicted molar refractivity (Wildman–Crippen MR) is 62.3 cm³/mol. The molecule has 0 amide bonds. The van der Waals surface area contributed by atoms with Gasteiger partial charge in [0.15, 0.2) is 5.65 Å². The van der Waals surface area contributed by atoms with Gasteiger partial charge in [-0.3, -0.25) is 0 Å². The van der Waals surface area contributed by atoms with Crippen LogP contribution in [0.4, 0.5) is 5.95 Å². The van der Waals surface area contributed by atoms with Crippen LogP contribution in [0.3, 0.4) is 0 Å². The molecule has 0 aliphatic heterocycles. The van der Waals surface area contributed by atoms with Gasteiger partial charge in [0.05, 0.1) is 19.3 Å². The SMILES string of the molecule is OCC(CO)Nc1nc2ccc(Br)cn2n1. The van der Waals surface area contributed by atoms with Crippen molar-refractivity contribution in [2.45, 2.75) is 6.04 Å². The molecule has 0 bridgehead atoms. The topological polar surface area (TPSA) is 82.7 Å². The number of aromatic nitrogens is 3. The third-order valence-corrected chi connectivity index (χ3v) is 2.54. The van der Waals surface area contributed by atoms with Crippen LogP contribution in [0.1, 0.15) is 0 Å². The molecule has 0 fully saturated rings. The maximum absolute atomic E-state index is 8.91. The molecule has 86 valence electrons. The number of fused-ring (bicyclic) bond motifs is 1. The van der Waals surface area contributed by atoms with E-state index in [0.717, 1.165) is 4.47 Å². The van der Waals surface area contributed by atoms with Crippen LogP contribution in [0.2, 0.25) is 0 Å². The van der Waals surface area contributed by atoms with E-state index in [1.165, 1.54) is 0 Å². The highest BCUT2D eigenvalue weighted by atomic mass is 79.9. The van der Waals surface area contributed by atoms with Gasteiger partial charge in [-0.15, -0.1) is 5.10 Å². The normalized spacial score (nSPS) is 11.2. The van der Waals surface area contributed by atoms with Crippen LogP contribution in [0.15, 0.2) is 22.8 Å². The summed E-state index contributed by atoms with van der Waals surface area (Å²) in [4.78, 5) is 4.19. The first-order chi connectivity index (χ1) is 7.72. The van der Waals surface area contributed by atoms with Gasteiger partial charge < -0.3 is 15.5 Å². The number of nitrogens with one attached hydrogen (secondary N) is 1. The molecule has 2 heterocycles. The highest BCUT2D eigenvalue weighted by Gasteiger charge is 2.09. The molecule has 16 heavy (non-hydrogen) atoms. The molecule has 2 rings (SSSR count). The first-order valence-electron chi connectivity index (χ1n) is 4.73. The predicted octanol–water partition coefficient (Wildman–Crippen LogP) is 0.257. The second-order valence-electron chi connectivity index (χ2n) is 3.29. The minimum Gasteiger partial charge on any atom is -0.394 e. The van der Waals surface area contributed by atoms with Crippen molar-refractivity contribution in [2.75, 3.05) is 18.5 Å². The Balaban J connectivity index is 2.25. The molecule has 3 N–H and O–H groups in total. The number of pyridine rings is 1. The van der Waals surface area contributed by atoms with E-state index < -0.39 is 6.04 Å². The minimum atomic E-state index is -0.444. The van der Waals surface area contributed by atoms with Crippen LogP contribution in [-0.2, 0) is 0 Å². The Kier molecular flexibility index (Phi) is 3.37. The van der Waals surface area contributed by atoms with Crippen molar-refractivity contribution in [1.82, 2.24) is 14.6 Å². The van der Waals surface area contributed by atoms with Crippen LogP contribution in [-0.4, -0.2) is 44.1 Å². The van der Waals surface area contributed by atoms with Crippen LogP contribution in [0, 0.1) is 0 Å². The zero-order valence-electron chi connectivity index (χ0n) is 8.34. The summed E-state index contributed by atoms with van der Waals surface area (Å²) < 4.78 is 2.51. The zero-order valence-corrected chi connectivity index (χ0v) is 9.92. The fourth-order valence-electron chi connectivity index (χ4n) is 1.25. The molecule has 2 aromatic heterocycles. The minimum absolute atomic E-state index is 0.171. The summed E-state index contributed by atoms with van der Waals surface area (Å²) in [6.45, 7) is -0.342. The lowest BCUT2D eigenvalue weighted by Gasteiger charge is -2.10. The van der Waals surface area contributed by atoms with E-state index in [1.807, 2.05) is 12.1 Å². The fraction of sp³-hybridized carbons (Fsp3) is 0.333. The quantitative estimate of drug-likeness (QED) is 0.751. The molecular formula is C9H11BrN4O2. The molecule has 0 saturated heterocycles. The van der Waals surface area contributed by atoms with E-state index in [0.29, 0.717) is 11.6 Å². The molecule has 0 aromatic carbocycles. The fourth-order valence-corrected chi connectivity index (χ4v) is 1.58. The molecule has 0 spiro atoms. The van der Waals surface area contributed by atoms with E-state index in [1.54, 1.807) is 10.7 Å². The average molecular weight is 287 g/mol. The van der Waals surface area contributed by atoms with Gasteiger partial charge >= 0.3 is 0 Å². The smallest absolute Gasteiger partial charge is 0.243 e. The van der Waals surface area contributed by atoms with Crippen molar-refractivity contribution in [3.63, 3.8) is 0 Å². The third kappa shape index (κ3) is 2.31. The Labute approximate surface area is 100 Å². The van der Waals surface area contributed by atoms with Gasteiger partial charge in [0.2, 0.25) is 5.95 Å². The molecule has 0 unspecified atom stereocenters. The highest BCUT2D eigenvalue weighted by molar-refractivity contribution is 9.10. The molecule has 0 aliphatic carbocycles. The van der Waals surface area contributed by atoms with Gasteiger partial charge in [-0.2, -0.15) is 4.98 Å². The van der Waals surface area contributed by atoms with Crippen LogP contribution >= 0.6 is 15.9 Å². The van der Waals surface area contributed by atoms with Crippen LogP contribution in [0.25, 0.3) is 5.65 Å².